The molecule has 0 bridgehead atoms. The van der Waals surface area contributed by atoms with Crippen LogP contribution in [0.1, 0.15) is 33.1 Å². The van der Waals surface area contributed by atoms with E-state index in [2.05, 4.69) is 11.0 Å². The van der Waals surface area contributed by atoms with Gasteiger partial charge in [-0.2, -0.15) is 5.26 Å². The van der Waals surface area contributed by atoms with Crippen LogP contribution in [0.25, 0.3) is 0 Å². The Labute approximate surface area is 80.0 Å². The van der Waals surface area contributed by atoms with Gasteiger partial charge in [-0.15, -0.1) is 0 Å². The second-order valence-electron chi connectivity index (χ2n) is 4.11. The predicted molar refractivity (Wildman–Crippen MR) is 51.1 cm³/mol. The average Bonchev–Trinajstić information content (AvgIpc) is 2.51. The zero-order valence-electron chi connectivity index (χ0n) is 8.45. The van der Waals surface area contributed by atoms with Crippen molar-refractivity contribution in [3.63, 3.8) is 0 Å². The standard InChI is InChI=1S/C10H18N2O/c1-3-10(2,13)8-12-6-4-5-9(12)7-11/h9,13H,3-6,8H2,1-2H3. The molecule has 0 aromatic rings. The molecule has 0 aromatic heterocycles. The van der Waals surface area contributed by atoms with Crippen molar-refractivity contribution in [3.05, 3.63) is 0 Å². The molecule has 1 N–H and O–H groups in total. The first kappa shape index (κ1) is 10.5. The predicted octanol–water partition coefficient (Wildman–Crippen LogP) is 1.14. The number of aliphatic hydroxyl groups is 1. The molecular weight excluding hydrogens is 164 g/mol. The molecule has 0 radical (unpaired) electrons. The van der Waals surface area contributed by atoms with Crippen molar-refractivity contribution in [1.29, 1.82) is 5.26 Å². The van der Waals surface area contributed by atoms with Gasteiger partial charge in [-0.3, -0.25) is 4.90 Å². The van der Waals surface area contributed by atoms with Gasteiger partial charge in [-0.25, -0.2) is 0 Å². The van der Waals surface area contributed by atoms with Crippen LogP contribution >= 0.6 is 0 Å². The van der Waals surface area contributed by atoms with Crippen LogP contribution < -0.4 is 0 Å². The van der Waals surface area contributed by atoms with Gasteiger partial charge >= 0.3 is 0 Å². The molecule has 0 aliphatic carbocycles. The lowest BCUT2D eigenvalue weighted by molar-refractivity contribution is 0.0177. The van der Waals surface area contributed by atoms with E-state index in [0.29, 0.717) is 6.54 Å². The molecule has 3 nitrogen and oxygen atoms in total. The van der Waals surface area contributed by atoms with E-state index >= 15 is 0 Å². The summed E-state index contributed by atoms with van der Waals surface area (Å²) in [4.78, 5) is 2.09. The molecule has 13 heavy (non-hydrogen) atoms. The fourth-order valence-electron chi connectivity index (χ4n) is 1.71. The summed E-state index contributed by atoms with van der Waals surface area (Å²) in [6.07, 6.45) is 2.77. The maximum absolute atomic E-state index is 9.85. The normalized spacial score (nSPS) is 28.3. The molecule has 1 rings (SSSR count). The minimum Gasteiger partial charge on any atom is -0.389 e. The lowest BCUT2D eigenvalue weighted by Gasteiger charge is -2.29. The van der Waals surface area contributed by atoms with E-state index < -0.39 is 5.60 Å². The van der Waals surface area contributed by atoms with E-state index in [9.17, 15) is 5.11 Å². The second-order valence-corrected chi connectivity index (χ2v) is 4.11. The van der Waals surface area contributed by atoms with Crippen molar-refractivity contribution in [2.45, 2.75) is 44.8 Å². The summed E-state index contributed by atoms with van der Waals surface area (Å²) < 4.78 is 0. The zero-order chi connectivity index (χ0) is 9.90. The Morgan fingerprint density at radius 2 is 2.38 bits per heavy atom. The van der Waals surface area contributed by atoms with E-state index in [1.807, 2.05) is 13.8 Å². The summed E-state index contributed by atoms with van der Waals surface area (Å²) in [7, 11) is 0. The highest BCUT2D eigenvalue weighted by molar-refractivity contribution is 4.97. The first-order valence-corrected chi connectivity index (χ1v) is 4.95. The lowest BCUT2D eigenvalue weighted by Crippen LogP contribution is -2.42. The molecule has 0 amide bonds. The molecule has 0 saturated carbocycles. The fourth-order valence-corrected chi connectivity index (χ4v) is 1.71. The van der Waals surface area contributed by atoms with Gasteiger partial charge in [0.15, 0.2) is 0 Å². The Morgan fingerprint density at radius 1 is 1.69 bits per heavy atom. The molecule has 1 aliphatic heterocycles. The van der Waals surface area contributed by atoms with Crippen LogP contribution in [-0.4, -0.2) is 34.7 Å². The Bertz CT molecular complexity index is 207. The average molecular weight is 182 g/mol. The van der Waals surface area contributed by atoms with E-state index in [1.165, 1.54) is 0 Å². The number of hydrogen-bond donors (Lipinski definition) is 1. The van der Waals surface area contributed by atoms with Crippen molar-refractivity contribution >= 4 is 0 Å². The van der Waals surface area contributed by atoms with Crippen LogP contribution in [0.3, 0.4) is 0 Å². The number of nitriles is 1. The van der Waals surface area contributed by atoms with Crippen LogP contribution in [0.2, 0.25) is 0 Å². The van der Waals surface area contributed by atoms with Gasteiger partial charge in [0.1, 0.15) is 0 Å². The molecular formula is C10H18N2O. The van der Waals surface area contributed by atoms with Crippen LogP contribution in [0, 0.1) is 11.3 Å². The van der Waals surface area contributed by atoms with Crippen molar-refractivity contribution in [3.8, 4) is 6.07 Å². The SMILES string of the molecule is CCC(C)(O)CN1CCCC1C#N. The van der Waals surface area contributed by atoms with E-state index in [4.69, 9.17) is 5.26 Å². The largest absolute Gasteiger partial charge is 0.389 e. The first-order chi connectivity index (χ1) is 6.09. The van der Waals surface area contributed by atoms with Crippen LogP contribution in [0.4, 0.5) is 0 Å². The summed E-state index contributed by atoms with van der Waals surface area (Å²) in [5.74, 6) is 0. The molecule has 2 unspecified atom stereocenters. The number of hydrogen-bond acceptors (Lipinski definition) is 3. The molecule has 1 fully saturated rings. The summed E-state index contributed by atoms with van der Waals surface area (Å²) in [5.41, 5.74) is -0.639. The third kappa shape index (κ3) is 2.68. The van der Waals surface area contributed by atoms with Crippen LogP contribution in [0.5, 0.6) is 0 Å². The van der Waals surface area contributed by atoms with Gasteiger partial charge in [0.05, 0.1) is 17.7 Å². The minimum atomic E-state index is -0.639. The number of β-amino-alcohol motifs (C(OH)–C–C–N with tert-alkyl or cyclic N) is 1. The smallest absolute Gasteiger partial charge is 0.0979 e. The summed E-state index contributed by atoms with van der Waals surface area (Å²) >= 11 is 0. The lowest BCUT2D eigenvalue weighted by atomic mass is 10.0. The third-order valence-corrected chi connectivity index (χ3v) is 2.82. The maximum atomic E-state index is 9.85. The van der Waals surface area contributed by atoms with E-state index in [-0.39, 0.29) is 6.04 Å². The molecule has 0 spiro atoms. The number of rotatable bonds is 3. The Balaban J connectivity index is 2.49. The molecule has 2 atom stereocenters. The van der Waals surface area contributed by atoms with Gasteiger partial charge in [-0.05, 0) is 32.7 Å². The second kappa shape index (κ2) is 4.08. The number of nitrogens with zero attached hydrogens (tertiary/aromatic N) is 2. The first-order valence-electron chi connectivity index (χ1n) is 4.95. The zero-order valence-corrected chi connectivity index (χ0v) is 8.45. The minimum absolute atomic E-state index is 0.0259. The Morgan fingerprint density at radius 3 is 2.92 bits per heavy atom. The van der Waals surface area contributed by atoms with Crippen molar-refractivity contribution < 1.29 is 5.11 Å². The highest BCUT2D eigenvalue weighted by atomic mass is 16.3. The number of likely N-dealkylation sites (tertiary alicyclic amines) is 1. The van der Waals surface area contributed by atoms with Crippen LogP contribution in [-0.2, 0) is 0 Å². The third-order valence-electron chi connectivity index (χ3n) is 2.82. The monoisotopic (exact) mass is 182 g/mol. The molecule has 1 heterocycles. The van der Waals surface area contributed by atoms with Crippen LogP contribution in [0.15, 0.2) is 0 Å². The van der Waals surface area contributed by atoms with E-state index in [0.717, 1.165) is 25.8 Å². The molecule has 74 valence electrons. The topological polar surface area (TPSA) is 47.3 Å². The van der Waals surface area contributed by atoms with Gasteiger partial charge in [-0.1, -0.05) is 6.92 Å². The molecule has 1 aliphatic rings. The van der Waals surface area contributed by atoms with Gasteiger partial charge < -0.3 is 5.11 Å². The van der Waals surface area contributed by atoms with Gasteiger partial charge in [0.2, 0.25) is 0 Å². The van der Waals surface area contributed by atoms with Crippen molar-refractivity contribution in [2.75, 3.05) is 13.1 Å². The summed E-state index contributed by atoms with van der Waals surface area (Å²) in [6.45, 7) is 5.38. The Hall–Kier alpha value is -0.590. The van der Waals surface area contributed by atoms with Gasteiger partial charge in [0.25, 0.3) is 0 Å². The molecule has 1 saturated heterocycles. The van der Waals surface area contributed by atoms with Gasteiger partial charge in [0, 0.05) is 6.54 Å². The quantitative estimate of drug-likeness (QED) is 0.712. The summed E-state index contributed by atoms with van der Waals surface area (Å²) in [6, 6.07) is 2.30. The van der Waals surface area contributed by atoms with Crippen molar-refractivity contribution in [1.82, 2.24) is 4.90 Å². The summed E-state index contributed by atoms with van der Waals surface area (Å²) in [5, 5.41) is 18.7. The van der Waals surface area contributed by atoms with Crippen molar-refractivity contribution in [2.24, 2.45) is 0 Å². The highest BCUT2D eigenvalue weighted by Gasteiger charge is 2.30. The molecule has 3 heteroatoms. The fraction of sp³-hybridized carbons (Fsp3) is 0.900. The Kier molecular flexibility index (Phi) is 3.29. The highest BCUT2D eigenvalue weighted by Crippen LogP contribution is 2.20. The van der Waals surface area contributed by atoms with E-state index in [1.54, 1.807) is 0 Å². The molecule has 0 aromatic carbocycles. The maximum Gasteiger partial charge on any atom is 0.0979 e.